The molecule has 0 unspecified atom stereocenters. The van der Waals surface area contributed by atoms with E-state index in [9.17, 15) is 14.4 Å². The average molecular weight is 394 g/mol. The third-order valence-corrected chi connectivity index (χ3v) is 5.26. The summed E-state index contributed by atoms with van der Waals surface area (Å²) in [7, 11) is 0. The third-order valence-electron chi connectivity index (χ3n) is 5.26. The van der Waals surface area contributed by atoms with E-state index in [2.05, 4.69) is 5.32 Å². The minimum Gasteiger partial charge on any atom is -0.463 e. The average Bonchev–Trinajstić information content (AvgIpc) is 2.62. The molecule has 0 aromatic rings. The van der Waals surface area contributed by atoms with E-state index in [0.29, 0.717) is 25.2 Å². The van der Waals surface area contributed by atoms with Gasteiger partial charge in [-0.05, 0) is 52.4 Å². The first-order chi connectivity index (χ1) is 13.2. The molecule has 2 atom stereocenters. The molecule has 6 nitrogen and oxygen atoms in total. The van der Waals surface area contributed by atoms with Crippen LogP contribution in [-0.4, -0.2) is 36.1 Å². The molecule has 2 rings (SSSR count). The van der Waals surface area contributed by atoms with Crippen LogP contribution in [0.4, 0.5) is 0 Å². The van der Waals surface area contributed by atoms with Crippen LogP contribution in [0.2, 0.25) is 0 Å². The molecular formula is C22H35NO5. The van der Waals surface area contributed by atoms with Crippen molar-refractivity contribution in [3.8, 4) is 0 Å². The second kappa shape index (κ2) is 10.6. The van der Waals surface area contributed by atoms with E-state index in [1.165, 1.54) is 6.42 Å². The van der Waals surface area contributed by atoms with Crippen molar-refractivity contribution in [3.63, 3.8) is 0 Å². The molecule has 0 spiro atoms. The summed E-state index contributed by atoms with van der Waals surface area (Å²) >= 11 is 0. The highest BCUT2D eigenvalue weighted by atomic mass is 16.6. The molecule has 158 valence electrons. The third kappa shape index (κ3) is 8.03. The minimum atomic E-state index is -0.585. The molecule has 28 heavy (non-hydrogen) atoms. The lowest BCUT2D eigenvalue weighted by Crippen LogP contribution is -2.45. The second-order valence-electron chi connectivity index (χ2n) is 8.94. The van der Waals surface area contributed by atoms with Gasteiger partial charge in [-0.15, -0.1) is 0 Å². The molecular weight excluding hydrogens is 358 g/mol. The summed E-state index contributed by atoms with van der Waals surface area (Å²) in [4.78, 5) is 37.1. The zero-order valence-electron chi connectivity index (χ0n) is 17.5. The minimum absolute atomic E-state index is 0.000891. The van der Waals surface area contributed by atoms with Crippen molar-refractivity contribution in [1.82, 2.24) is 5.32 Å². The Kier molecular flexibility index (Phi) is 8.52. The summed E-state index contributed by atoms with van der Waals surface area (Å²) in [5.74, 6) is -1.01. The molecule has 0 bridgehead atoms. The maximum Gasteiger partial charge on any atom is 0.309 e. The Labute approximate surface area is 168 Å². The molecule has 0 radical (unpaired) electrons. The van der Waals surface area contributed by atoms with Crippen molar-refractivity contribution in [2.75, 3.05) is 6.61 Å². The van der Waals surface area contributed by atoms with Gasteiger partial charge in [-0.1, -0.05) is 31.4 Å². The second-order valence-corrected chi connectivity index (χ2v) is 8.94. The number of esters is 2. The topological polar surface area (TPSA) is 81.7 Å². The number of ether oxygens (including phenoxy) is 2. The predicted molar refractivity (Wildman–Crippen MR) is 106 cm³/mol. The van der Waals surface area contributed by atoms with E-state index < -0.39 is 23.5 Å². The van der Waals surface area contributed by atoms with Crippen LogP contribution in [0.3, 0.4) is 0 Å². The van der Waals surface area contributed by atoms with Gasteiger partial charge in [0, 0.05) is 6.42 Å². The summed E-state index contributed by atoms with van der Waals surface area (Å²) in [6.07, 6.45) is 10.8. The van der Waals surface area contributed by atoms with Crippen LogP contribution in [0.15, 0.2) is 12.2 Å². The van der Waals surface area contributed by atoms with Gasteiger partial charge in [-0.3, -0.25) is 14.4 Å². The largest absolute Gasteiger partial charge is 0.463 e. The number of hydrogen-bond acceptors (Lipinski definition) is 5. The molecule has 1 heterocycles. The Bertz CT molecular complexity index is 572. The lowest BCUT2D eigenvalue weighted by molar-refractivity contribution is -0.162. The molecule has 0 saturated heterocycles. The maximum atomic E-state index is 12.7. The van der Waals surface area contributed by atoms with Crippen molar-refractivity contribution in [1.29, 1.82) is 0 Å². The molecule has 1 amide bonds. The van der Waals surface area contributed by atoms with E-state index in [4.69, 9.17) is 9.47 Å². The number of amides is 1. The van der Waals surface area contributed by atoms with Crippen LogP contribution in [-0.2, 0) is 23.9 Å². The van der Waals surface area contributed by atoms with Gasteiger partial charge in [0.1, 0.15) is 12.2 Å². The highest BCUT2D eigenvalue weighted by Gasteiger charge is 2.30. The van der Waals surface area contributed by atoms with Gasteiger partial charge in [-0.25, -0.2) is 0 Å². The Balaban J connectivity index is 2.04. The van der Waals surface area contributed by atoms with Crippen LogP contribution < -0.4 is 5.32 Å². The number of nitrogens with one attached hydrogen (secondary N) is 1. The van der Waals surface area contributed by atoms with Gasteiger partial charge in [0.15, 0.2) is 0 Å². The summed E-state index contributed by atoms with van der Waals surface area (Å²) in [6.45, 7) is 5.59. The molecule has 1 aliphatic carbocycles. The first-order valence-corrected chi connectivity index (χ1v) is 10.6. The fraction of sp³-hybridized carbons (Fsp3) is 0.773. The lowest BCUT2D eigenvalue weighted by atomic mass is 9.84. The van der Waals surface area contributed by atoms with Gasteiger partial charge in [-0.2, -0.15) is 0 Å². The maximum absolute atomic E-state index is 12.7. The molecule has 2 aliphatic rings. The zero-order valence-corrected chi connectivity index (χ0v) is 17.5. The van der Waals surface area contributed by atoms with E-state index in [1.54, 1.807) is 0 Å². The standard InChI is InChI=1S/C22H35NO5/c1-22(2,3)28-20(25)14-17-12-8-5-9-13-19(24)23-18(15-27-21(17)26)16-10-6-4-7-11-16/h5,8,16-18H,4,6-7,9-15H2,1-3H3,(H,23,24)/t17-,18-/m0/s1. The number of carbonyl (C=O) groups is 3. The van der Waals surface area contributed by atoms with Gasteiger partial charge in [0.05, 0.1) is 18.4 Å². The highest BCUT2D eigenvalue weighted by Crippen LogP contribution is 2.27. The van der Waals surface area contributed by atoms with Crippen molar-refractivity contribution in [3.05, 3.63) is 12.2 Å². The van der Waals surface area contributed by atoms with E-state index in [-0.39, 0.29) is 25.0 Å². The van der Waals surface area contributed by atoms with Gasteiger partial charge < -0.3 is 14.8 Å². The predicted octanol–water partition coefficient (Wildman–Crippen LogP) is 3.68. The monoisotopic (exact) mass is 393 g/mol. The first kappa shape index (κ1) is 22.4. The Hall–Kier alpha value is -1.85. The molecule has 1 N–H and O–H groups in total. The van der Waals surface area contributed by atoms with Crippen molar-refractivity contribution < 1.29 is 23.9 Å². The van der Waals surface area contributed by atoms with Crippen LogP contribution >= 0.6 is 0 Å². The van der Waals surface area contributed by atoms with E-state index in [1.807, 2.05) is 32.9 Å². The van der Waals surface area contributed by atoms with Gasteiger partial charge >= 0.3 is 11.9 Å². The molecule has 0 aromatic carbocycles. The normalized spacial score (nSPS) is 25.8. The smallest absolute Gasteiger partial charge is 0.309 e. The van der Waals surface area contributed by atoms with Crippen LogP contribution in [0, 0.1) is 11.8 Å². The van der Waals surface area contributed by atoms with Crippen LogP contribution in [0.1, 0.15) is 78.6 Å². The molecule has 1 aliphatic heterocycles. The van der Waals surface area contributed by atoms with E-state index in [0.717, 1.165) is 25.7 Å². The van der Waals surface area contributed by atoms with Crippen molar-refractivity contribution >= 4 is 17.8 Å². The molecule has 0 aromatic heterocycles. The van der Waals surface area contributed by atoms with E-state index >= 15 is 0 Å². The Morgan fingerprint density at radius 2 is 1.89 bits per heavy atom. The number of carbonyl (C=O) groups excluding carboxylic acids is 3. The Morgan fingerprint density at radius 1 is 1.18 bits per heavy atom. The fourth-order valence-electron chi connectivity index (χ4n) is 3.84. The Morgan fingerprint density at radius 3 is 2.57 bits per heavy atom. The lowest BCUT2D eigenvalue weighted by Gasteiger charge is -2.31. The SMILES string of the molecule is CC(C)(C)OC(=O)C[C@@H]1CC=CCCC(=O)N[C@H](C2CCCCC2)COC1=O. The summed E-state index contributed by atoms with van der Waals surface area (Å²) in [5, 5.41) is 3.07. The number of hydrogen-bond donors (Lipinski definition) is 1. The van der Waals surface area contributed by atoms with Crippen LogP contribution in [0.5, 0.6) is 0 Å². The summed E-state index contributed by atoms with van der Waals surface area (Å²) < 4.78 is 10.9. The fourth-order valence-corrected chi connectivity index (χ4v) is 3.84. The summed E-state index contributed by atoms with van der Waals surface area (Å²) in [5.41, 5.74) is -0.585. The summed E-state index contributed by atoms with van der Waals surface area (Å²) in [6, 6.07) is -0.151. The quantitative estimate of drug-likeness (QED) is 0.584. The number of cyclic esters (lactones) is 1. The molecule has 1 fully saturated rings. The van der Waals surface area contributed by atoms with Gasteiger partial charge in [0.25, 0.3) is 0 Å². The van der Waals surface area contributed by atoms with Crippen molar-refractivity contribution in [2.24, 2.45) is 11.8 Å². The van der Waals surface area contributed by atoms with Crippen molar-refractivity contribution in [2.45, 2.75) is 90.2 Å². The van der Waals surface area contributed by atoms with Crippen LogP contribution in [0.25, 0.3) is 0 Å². The molecule has 1 saturated carbocycles. The first-order valence-electron chi connectivity index (χ1n) is 10.6. The number of rotatable bonds is 3. The molecule has 6 heteroatoms. The zero-order chi connectivity index (χ0) is 20.6. The number of allylic oxidation sites excluding steroid dienone is 2. The highest BCUT2D eigenvalue weighted by molar-refractivity contribution is 5.80. The van der Waals surface area contributed by atoms with Gasteiger partial charge in [0.2, 0.25) is 5.91 Å².